The summed E-state index contributed by atoms with van der Waals surface area (Å²) in [4.78, 5) is 11.8. The minimum absolute atomic E-state index is 0.0748. The van der Waals surface area contributed by atoms with Crippen LogP contribution in [0.1, 0.15) is 39.0 Å². The van der Waals surface area contributed by atoms with Crippen molar-refractivity contribution in [3.8, 4) is 0 Å². The Balaban J connectivity index is 1.62. The van der Waals surface area contributed by atoms with Crippen LogP contribution in [-0.4, -0.2) is 37.7 Å². The number of nitrogens with one attached hydrogen (secondary N) is 2. The number of hydrogen-bond donors (Lipinski definition) is 2. The number of rotatable bonds is 4. The average molecular weight is 240 g/mol. The molecule has 0 saturated carbocycles. The highest BCUT2D eigenvalue weighted by Crippen LogP contribution is 2.19. The van der Waals surface area contributed by atoms with Gasteiger partial charge in [-0.25, -0.2) is 0 Å². The molecule has 2 aliphatic heterocycles. The number of hydrogen-bond acceptors (Lipinski definition) is 3. The Morgan fingerprint density at radius 1 is 1.41 bits per heavy atom. The molecule has 17 heavy (non-hydrogen) atoms. The van der Waals surface area contributed by atoms with Gasteiger partial charge < -0.3 is 15.4 Å². The predicted octanol–water partition coefficient (Wildman–Crippen LogP) is 1.06. The third-order valence-corrected chi connectivity index (χ3v) is 3.85. The zero-order valence-corrected chi connectivity index (χ0v) is 10.7. The minimum Gasteiger partial charge on any atom is -0.368 e. The van der Waals surface area contributed by atoms with Crippen LogP contribution in [0.25, 0.3) is 0 Å². The molecular weight excluding hydrogens is 216 g/mol. The highest BCUT2D eigenvalue weighted by atomic mass is 16.5. The summed E-state index contributed by atoms with van der Waals surface area (Å²) in [7, 11) is 0. The fourth-order valence-corrected chi connectivity index (χ4v) is 2.67. The maximum atomic E-state index is 11.8. The second-order valence-electron chi connectivity index (χ2n) is 5.28. The van der Waals surface area contributed by atoms with Crippen molar-refractivity contribution < 1.29 is 9.53 Å². The van der Waals surface area contributed by atoms with E-state index in [1.54, 1.807) is 0 Å². The molecule has 2 rings (SSSR count). The van der Waals surface area contributed by atoms with Crippen LogP contribution in [0.3, 0.4) is 0 Å². The molecule has 0 aromatic heterocycles. The Bertz CT molecular complexity index is 252. The third kappa shape index (κ3) is 3.68. The summed E-state index contributed by atoms with van der Waals surface area (Å²) in [6, 6.07) is 0.589. The topological polar surface area (TPSA) is 50.4 Å². The summed E-state index contributed by atoms with van der Waals surface area (Å²) in [6.07, 6.45) is 5.67. The molecule has 3 unspecified atom stereocenters. The molecule has 0 aromatic carbocycles. The van der Waals surface area contributed by atoms with Crippen LogP contribution in [0.2, 0.25) is 0 Å². The lowest BCUT2D eigenvalue weighted by Gasteiger charge is -2.23. The van der Waals surface area contributed by atoms with Crippen molar-refractivity contribution in [3.05, 3.63) is 0 Å². The second-order valence-corrected chi connectivity index (χ2v) is 5.28. The molecule has 0 bridgehead atoms. The number of carbonyl (C=O) groups is 1. The van der Waals surface area contributed by atoms with E-state index in [1.165, 1.54) is 19.3 Å². The van der Waals surface area contributed by atoms with E-state index in [-0.39, 0.29) is 12.0 Å². The average Bonchev–Trinajstić information content (AvgIpc) is 2.77. The van der Waals surface area contributed by atoms with Gasteiger partial charge in [-0.05, 0) is 38.1 Å². The quantitative estimate of drug-likeness (QED) is 0.772. The molecule has 3 atom stereocenters. The molecule has 1 amide bonds. The highest BCUT2D eigenvalue weighted by Gasteiger charge is 2.30. The summed E-state index contributed by atoms with van der Waals surface area (Å²) in [5.74, 6) is 0.439. The first-order chi connectivity index (χ1) is 8.27. The van der Waals surface area contributed by atoms with Crippen LogP contribution >= 0.6 is 0 Å². The van der Waals surface area contributed by atoms with Crippen molar-refractivity contribution in [1.29, 1.82) is 0 Å². The normalized spacial score (nSPS) is 33.6. The van der Waals surface area contributed by atoms with Crippen molar-refractivity contribution in [3.63, 3.8) is 0 Å². The van der Waals surface area contributed by atoms with Crippen LogP contribution in [0, 0.1) is 5.92 Å². The summed E-state index contributed by atoms with van der Waals surface area (Å²) in [6.45, 7) is 4.70. The molecule has 0 aliphatic carbocycles. The second kappa shape index (κ2) is 6.36. The van der Waals surface area contributed by atoms with Crippen molar-refractivity contribution in [2.24, 2.45) is 5.92 Å². The van der Waals surface area contributed by atoms with Gasteiger partial charge in [-0.2, -0.15) is 0 Å². The zero-order valence-electron chi connectivity index (χ0n) is 10.7. The summed E-state index contributed by atoms with van der Waals surface area (Å²) in [5.41, 5.74) is 0. The van der Waals surface area contributed by atoms with Crippen LogP contribution in [-0.2, 0) is 9.53 Å². The summed E-state index contributed by atoms with van der Waals surface area (Å²) < 4.78 is 5.44. The minimum atomic E-state index is -0.214. The Morgan fingerprint density at radius 3 is 2.94 bits per heavy atom. The number of carbonyl (C=O) groups excluding carboxylic acids is 1. The molecule has 4 heteroatoms. The lowest BCUT2D eigenvalue weighted by molar-refractivity contribution is -0.131. The van der Waals surface area contributed by atoms with Crippen molar-refractivity contribution in [1.82, 2.24) is 10.6 Å². The first kappa shape index (κ1) is 12.8. The molecule has 2 aliphatic rings. The van der Waals surface area contributed by atoms with E-state index in [2.05, 4.69) is 17.6 Å². The van der Waals surface area contributed by atoms with E-state index in [0.717, 1.165) is 32.5 Å². The molecule has 4 nitrogen and oxygen atoms in total. The number of ether oxygens (including phenoxy) is 1. The SMILES string of the molecule is CC1CCOC1C(=O)NCCC1CCCCN1. The van der Waals surface area contributed by atoms with E-state index in [1.807, 2.05) is 0 Å². The predicted molar refractivity (Wildman–Crippen MR) is 66.8 cm³/mol. The lowest BCUT2D eigenvalue weighted by Crippen LogP contribution is -2.41. The first-order valence-corrected chi connectivity index (χ1v) is 6.90. The van der Waals surface area contributed by atoms with Gasteiger partial charge in [0.1, 0.15) is 6.10 Å². The monoisotopic (exact) mass is 240 g/mol. The largest absolute Gasteiger partial charge is 0.368 e. The van der Waals surface area contributed by atoms with E-state index in [0.29, 0.717) is 12.0 Å². The summed E-state index contributed by atoms with van der Waals surface area (Å²) >= 11 is 0. The Morgan fingerprint density at radius 2 is 2.29 bits per heavy atom. The van der Waals surface area contributed by atoms with Gasteiger partial charge in [-0.3, -0.25) is 4.79 Å². The van der Waals surface area contributed by atoms with Crippen molar-refractivity contribution >= 4 is 5.91 Å². The van der Waals surface area contributed by atoms with Gasteiger partial charge in [0, 0.05) is 19.2 Å². The van der Waals surface area contributed by atoms with Crippen molar-refractivity contribution in [2.45, 2.75) is 51.2 Å². The van der Waals surface area contributed by atoms with E-state index in [9.17, 15) is 4.79 Å². The smallest absolute Gasteiger partial charge is 0.249 e. The Hall–Kier alpha value is -0.610. The van der Waals surface area contributed by atoms with E-state index < -0.39 is 0 Å². The van der Waals surface area contributed by atoms with Crippen LogP contribution in [0.4, 0.5) is 0 Å². The van der Waals surface area contributed by atoms with E-state index in [4.69, 9.17) is 4.74 Å². The third-order valence-electron chi connectivity index (χ3n) is 3.85. The maximum absolute atomic E-state index is 11.8. The molecule has 2 N–H and O–H groups in total. The molecule has 0 aromatic rings. The van der Waals surface area contributed by atoms with Gasteiger partial charge in [-0.1, -0.05) is 13.3 Å². The molecule has 98 valence electrons. The van der Waals surface area contributed by atoms with Gasteiger partial charge in [0.05, 0.1) is 0 Å². The molecule has 0 spiro atoms. The molecule has 2 saturated heterocycles. The van der Waals surface area contributed by atoms with E-state index >= 15 is 0 Å². The molecular formula is C13H24N2O2. The standard InChI is InChI=1S/C13H24N2O2/c1-10-6-9-17-12(10)13(16)15-8-5-11-4-2-3-7-14-11/h10-12,14H,2-9H2,1H3,(H,15,16). The molecule has 2 heterocycles. The van der Waals surface area contributed by atoms with Crippen LogP contribution in [0.5, 0.6) is 0 Å². The highest BCUT2D eigenvalue weighted by molar-refractivity contribution is 5.81. The summed E-state index contributed by atoms with van der Waals surface area (Å²) in [5, 5.41) is 6.49. The van der Waals surface area contributed by atoms with Crippen molar-refractivity contribution in [2.75, 3.05) is 19.7 Å². The molecule has 0 radical (unpaired) electrons. The van der Waals surface area contributed by atoms with Gasteiger partial charge in [0.2, 0.25) is 5.91 Å². The fourth-order valence-electron chi connectivity index (χ4n) is 2.67. The fraction of sp³-hybridized carbons (Fsp3) is 0.923. The maximum Gasteiger partial charge on any atom is 0.249 e. The van der Waals surface area contributed by atoms with Crippen LogP contribution < -0.4 is 10.6 Å². The van der Waals surface area contributed by atoms with Gasteiger partial charge in [-0.15, -0.1) is 0 Å². The Labute approximate surface area is 103 Å². The zero-order chi connectivity index (χ0) is 12.1. The van der Waals surface area contributed by atoms with Gasteiger partial charge >= 0.3 is 0 Å². The number of piperidine rings is 1. The lowest BCUT2D eigenvalue weighted by atomic mass is 10.0. The van der Waals surface area contributed by atoms with Gasteiger partial charge in [0.15, 0.2) is 0 Å². The first-order valence-electron chi connectivity index (χ1n) is 6.90. The van der Waals surface area contributed by atoms with Crippen LogP contribution in [0.15, 0.2) is 0 Å². The Kier molecular flexibility index (Phi) is 4.80. The molecule has 2 fully saturated rings. The van der Waals surface area contributed by atoms with Gasteiger partial charge in [0.25, 0.3) is 0 Å². The number of amides is 1.